The van der Waals surface area contributed by atoms with Gasteiger partial charge >= 0.3 is 0 Å². The van der Waals surface area contributed by atoms with Gasteiger partial charge in [0.1, 0.15) is 16.7 Å². The highest BCUT2D eigenvalue weighted by Gasteiger charge is 2.45. The minimum Gasteiger partial charge on any atom is -0.423 e. The van der Waals surface area contributed by atoms with Crippen LogP contribution in [-0.2, 0) is 9.84 Å². The van der Waals surface area contributed by atoms with Crippen LogP contribution in [0.1, 0.15) is 43.1 Å². The van der Waals surface area contributed by atoms with Crippen LogP contribution in [0.25, 0.3) is 33.5 Å². The summed E-state index contributed by atoms with van der Waals surface area (Å²) < 4.78 is 30.5. The van der Waals surface area contributed by atoms with Crippen molar-refractivity contribution >= 4 is 38.0 Å². The second kappa shape index (κ2) is 6.83. The molecule has 1 aliphatic rings. The number of sulfone groups is 1. The van der Waals surface area contributed by atoms with Crippen molar-refractivity contribution in [3.63, 3.8) is 0 Å². The number of nitrogens with zero attached hydrogens (tertiary/aromatic N) is 5. The van der Waals surface area contributed by atoms with E-state index in [1.54, 1.807) is 26.1 Å². The van der Waals surface area contributed by atoms with Crippen molar-refractivity contribution in [1.29, 1.82) is 0 Å². The van der Waals surface area contributed by atoms with Crippen molar-refractivity contribution in [2.75, 3.05) is 11.5 Å². The van der Waals surface area contributed by atoms with Crippen LogP contribution in [0.4, 0.5) is 0 Å². The van der Waals surface area contributed by atoms with Crippen LogP contribution in [0.5, 0.6) is 0 Å². The number of fused-ring (bicyclic) bond motifs is 2. The molecule has 1 amide bonds. The zero-order chi connectivity index (χ0) is 22.8. The Morgan fingerprint density at radius 1 is 1.25 bits per heavy atom. The predicted octanol–water partition coefficient (Wildman–Crippen LogP) is 2.44. The summed E-state index contributed by atoms with van der Waals surface area (Å²) in [5, 5.41) is 7.60. The Hall–Kier alpha value is -3.34. The van der Waals surface area contributed by atoms with Crippen molar-refractivity contribution in [1.82, 2.24) is 30.0 Å². The molecule has 0 unspecified atom stereocenters. The third-order valence-electron chi connectivity index (χ3n) is 5.45. The molecule has 4 aromatic rings. The minimum absolute atomic E-state index is 0.0111. The van der Waals surface area contributed by atoms with E-state index in [1.165, 1.54) is 6.20 Å². The normalized spacial score (nSPS) is 17.0. The first-order valence-corrected chi connectivity index (χ1v) is 12.0. The van der Waals surface area contributed by atoms with Gasteiger partial charge in [0.15, 0.2) is 15.7 Å². The van der Waals surface area contributed by atoms with Gasteiger partial charge in [0.05, 0.1) is 28.1 Å². The van der Waals surface area contributed by atoms with Crippen LogP contribution in [0, 0.1) is 6.92 Å². The molecule has 1 saturated heterocycles. The molecule has 0 atom stereocenters. The Labute approximate surface area is 184 Å². The van der Waals surface area contributed by atoms with Crippen molar-refractivity contribution in [3.8, 4) is 11.3 Å². The minimum atomic E-state index is -3.08. The monoisotopic (exact) mass is 454 g/mol. The lowest BCUT2D eigenvalue weighted by atomic mass is 10.1. The molecule has 1 aliphatic heterocycles. The van der Waals surface area contributed by atoms with Gasteiger partial charge in [0, 0.05) is 30.9 Å². The number of oxazole rings is 1. The molecule has 0 saturated carbocycles. The number of nitrogens with one attached hydrogen (secondary N) is 1. The molecular weight excluding hydrogens is 432 g/mol. The van der Waals surface area contributed by atoms with E-state index in [4.69, 9.17) is 9.52 Å². The zero-order valence-electron chi connectivity index (χ0n) is 18.1. The Morgan fingerprint density at radius 3 is 2.69 bits per heavy atom. The summed E-state index contributed by atoms with van der Waals surface area (Å²) in [5.74, 6) is 0.00853. The summed E-state index contributed by atoms with van der Waals surface area (Å²) >= 11 is 0. The van der Waals surface area contributed by atoms with Crippen LogP contribution in [0.3, 0.4) is 0 Å². The van der Waals surface area contributed by atoms with Gasteiger partial charge in [0.25, 0.3) is 5.91 Å². The molecule has 0 aromatic carbocycles. The first-order valence-electron chi connectivity index (χ1n) is 10.2. The molecule has 0 spiro atoms. The number of hydrogen-bond donors (Lipinski definition) is 1. The third kappa shape index (κ3) is 3.32. The van der Waals surface area contributed by atoms with Gasteiger partial charge in [0.2, 0.25) is 5.71 Å². The molecule has 5 heterocycles. The van der Waals surface area contributed by atoms with Crippen molar-refractivity contribution < 1.29 is 17.6 Å². The van der Waals surface area contributed by atoms with Gasteiger partial charge in [-0.1, -0.05) is 0 Å². The van der Waals surface area contributed by atoms with E-state index >= 15 is 0 Å². The summed E-state index contributed by atoms with van der Waals surface area (Å²) in [4.78, 5) is 26.1. The summed E-state index contributed by atoms with van der Waals surface area (Å²) in [5.41, 5.74) is 3.29. The molecular formula is C21H22N6O4S. The van der Waals surface area contributed by atoms with Crippen molar-refractivity contribution in [3.05, 3.63) is 36.0 Å². The number of carbonyl (C=O) groups is 1. The topological polar surface area (TPSA) is 133 Å². The van der Waals surface area contributed by atoms with Crippen LogP contribution in [0.2, 0.25) is 0 Å². The number of aromatic nitrogens is 5. The van der Waals surface area contributed by atoms with E-state index in [0.717, 1.165) is 5.56 Å². The van der Waals surface area contributed by atoms with Gasteiger partial charge in [-0.15, -0.1) is 0 Å². The summed E-state index contributed by atoms with van der Waals surface area (Å²) in [6.07, 6.45) is 3.12. The van der Waals surface area contributed by atoms with Gasteiger partial charge in [-0.2, -0.15) is 5.10 Å². The summed E-state index contributed by atoms with van der Waals surface area (Å²) in [6, 6.07) is 3.56. The first kappa shape index (κ1) is 20.6. The van der Waals surface area contributed by atoms with Crippen LogP contribution in [-0.4, -0.2) is 56.1 Å². The lowest BCUT2D eigenvalue weighted by Gasteiger charge is -2.38. The highest BCUT2D eigenvalue weighted by atomic mass is 32.2. The fraction of sp³-hybridized carbons (Fsp3) is 0.381. The third-order valence-corrected chi connectivity index (χ3v) is 7.60. The van der Waals surface area contributed by atoms with Crippen molar-refractivity contribution in [2.24, 2.45) is 0 Å². The summed E-state index contributed by atoms with van der Waals surface area (Å²) in [7, 11) is -3.08. The predicted molar refractivity (Wildman–Crippen MR) is 118 cm³/mol. The van der Waals surface area contributed by atoms with E-state index < -0.39 is 15.4 Å². The zero-order valence-corrected chi connectivity index (χ0v) is 18.9. The Bertz CT molecular complexity index is 1490. The number of rotatable bonds is 4. The van der Waals surface area contributed by atoms with E-state index in [9.17, 15) is 13.2 Å². The second-order valence-corrected chi connectivity index (χ2v) is 10.8. The Kier molecular flexibility index (Phi) is 4.39. The lowest BCUT2D eigenvalue weighted by Crippen LogP contribution is -2.63. The number of carbonyl (C=O) groups excluding carboxylic acids is 1. The number of amides is 1. The highest BCUT2D eigenvalue weighted by molar-refractivity contribution is 7.93. The summed E-state index contributed by atoms with van der Waals surface area (Å²) in [6.45, 7) is 7.47. The fourth-order valence-corrected chi connectivity index (χ4v) is 6.20. The molecule has 1 N–H and O–H groups in total. The lowest BCUT2D eigenvalue weighted by molar-refractivity contribution is 0.0916. The SMILES string of the molecule is Cc1nc2c(-c3nn(C(C)C)c4cc(C(=O)NC5(C)CS(=O)(=O)C5)cnc34)ccnc2o1. The van der Waals surface area contributed by atoms with Gasteiger partial charge < -0.3 is 9.73 Å². The van der Waals surface area contributed by atoms with E-state index in [2.05, 4.69) is 20.3 Å². The maximum absolute atomic E-state index is 12.8. The van der Waals surface area contributed by atoms with Crippen LogP contribution < -0.4 is 5.32 Å². The molecule has 4 aromatic heterocycles. The highest BCUT2D eigenvalue weighted by Crippen LogP contribution is 2.33. The number of pyridine rings is 2. The quantitative estimate of drug-likeness (QED) is 0.497. The Morgan fingerprint density at radius 2 is 2.00 bits per heavy atom. The molecule has 1 fully saturated rings. The molecule has 10 nitrogen and oxygen atoms in total. The molecule has 32 heavy (non-hydrogen) atoms. The number of aryl methyl sites for hydroxylation is 1. The smallest absolute Gasteiger partial charge is 0.253 e. The average molecular weight is 455 g/mol. The van der Waals surface area contributed by atoms with Crippen molar-refractivity contribution in [2.45, 2.75) is 39.3 Å². The maximum atomic E-state index is 12.8. The van der Waals surface area contributed by atoms with Gasteiger partial charge in [-0.05, 0) is 32.9 Å². The largest absolute Gasteiger partial charge is 0.423 e. The molecule has 0 bridgehead atoms. The van der Waals surface area contributed by atoms with Crippen LogP contribution >= 0.6 is 0 Å². The van der Waals surface area contributed by atoms with E-state index in [0.29, 0.717) is 39.4 Å². The standard InChI is InChI=1S/C21H22N6O4S/c1-11(2)27-15-7-13(19(28)25-21(4)9-32(29,30)10-21)8-23-18(15)16(26-27)14-5-6-22-20-17(14)24-12(3)31-20/h5-8,11H,9-10H2,1-4H3,(H,25,28). The molecule has 11 heteroatoms. The van der Waals surface area contributed by atoms with E-state index in [-0.39, 0.29) is 23.5 Å². The van der Waals surface area contributed by atoms with Gasteiger partial charge in [-0.3, -0.25) is 14.5 Å². The first-order chi connectivity index (χ1) is 15.1. The van der Waals surface area contributed by atoms with E-state index in [1.807, 2.05) is 24.6 Å². The second-order valence-electron chi connectivity index (χ2n) is 8.77. The average Bonchev–Trinajstić information content (AvgIpc) is 3.25. The molecule has 0 radical (unpaired) electrons. The maximum Gasteiger partial charge on any atom is 0.253 e. The molecule has 0 aliphatic carbocycles. The molecule has 166 valence electrons. The number of hydrogen-bond acceptors (Lipinski definition) is 8. The Balaban J connectivity index is 1.59. The van der Waals surface area contributed by atoms with Crippen LogP contribution in [0.15, 0.2) is 28.9 Å². The fourth-order valence-electron chi connectivity index (χ4n) is 4.19. The van der Waals surface area contributed by atoms with Gasteiger partial charge in [-0.25, -0.2) is 18.4 Å². The molecule has 5 rings (SSSR count).